The molecule has 1 aliphatic heterocycles. The predicted molar refractivity (Wildman–Crippen MR) is 41.9 cm³/mol. The van der Waals surface area contributed by atoms with Crippen LogP contribution in [0.25, 0.3) is 0 Å². The maximum Gasteiger partial charge on any atom is 1.00 e. The maximum absolute atomic E-state index is 4.18. The summed E-state index contributed by atoms with van der Waals surface area (Å²) in [5, 5.41) is 8.56. The summed E-state index contributed by atoms with van der Waals surface area (Å²) in [5.74, 6) is 0. The van der Waals surface area contributed by atoms with Gasteiger partial charge in [-0.3, -0.25) is 4.68 Å². The van der Waals surface area contributed by atoms with E-state index in [2.05, 4.69) is 19.7 Å². The van der Waals surface area contributed by atoms with Crippen LogP contribution in [-0.4, -0.2) is 16.3 Å². The molecule has 1 N–H and O–H groups in total. The second kappa shape index (κ2) is 4.59. The van der Waals surface area contributed by atoms with Crippen molar-refractivity contribution in [1.82, 2.24) is 15.1 Å². The van der Waals surface area contributed by atoms with Crippen LogP contribution in [0, 0.1) is 0 Å². The third-order valence-electron chi connectivity index (χ3n) is 1.74. The van der Waals surface area contributed by atoms with E-state index >= 15 is 0 Å². The number of hydrogen-bond donors (Lipinski definition) is 1. The quantitative estimate of drug-likeness (QED) is 0.483. The molecule has 0 unspecified atom stereocenters. The van der Waals surface area contributed by atoms with Gasteiger partial charge in [-0.25, -0.2) is 0 Å². The molecule has 0 atom stereocenters. The summed E-state index contributed by atoms with van der Waals surface area (Å²) < 4.78 is 2.03. The van der Waals surface area contributed by atoms with E-state index in [1.54, 1.807) is 0 Å². The molecule has 0 amide bonds. The number of fused-ring (bicyclic) bond motifs is 1. The molecule has 54 valence electrons. The first-order valence-electron chi connectivity index (χ1n) is 3.35. The molecule has 0 aromatic carbocycles. The molecular weight excluding hydrogens is 231 g/mol. The average Bonchev–Trinajstić information content (AvgIpc) is 2.34. The van der Waals surface area contributed by atoms with Crippen molar-refractivity contribution < 1.29 is 58.2 Å². The summed E-state index contributed by atoms with van der Waals surface area (Å²) in [6, 6.07) is 0. The van der Waals surface area contributed by atoms with E-state index in [0.717, 1.165) is 24.9 Å². The van der Waals surface area contributed by atoms with Gasteiger partial charge in [-0.05, 0) is 0 Å². The van der Waals surface area contributed by atoms with Crippen LogP contribution >= 0.6 is 9.24 Å². The standard InChI is InChI=1S/C6H9N3P.Rb/c10-6-4-8-9-2-1-7-3-5(6)9;/h4,7,10H,1-3H2;/q-1;+1. The molecule has 2 heterocycles. The normalized spacial score (nSPS) is 15.4. The first kappa shape index (κ1) is 10.5. The van der Waals surface area contributed by atoms with Gasteiger partial charge in [0, 0.05) is 25.0 Å². The van der Waals surface area contributed by atoms with Crippen molar-refractivity contribution in [3.8, 4) is 0 Å². The van der Waals surface area contributed by atoms with E-state index in [1.165, 1.54) is 5.69 Å². The molecule has 0 aliphatic carbocycles. The van der Waals surface area contributed by atoms with Crippen LogP contribution in [0.3, 0.4) is 0 Å². The fourth-order valence-corrected chi connectivity index (χ4v) is 1.46. The predicted octanol–water partition coefficient (Wildman–Crippen LogP) is -3.24. The van der Waals surface area contributed by atoms with Crippen molar-refractivity contribution in [2.45, 2.75) is 13.1 Å². The Balaban J connectivity index is 0.000000605. The molecule has 11 heavy (non-hydrogen) atoms. The van der Waals surface area contributed by atoms with Crippen LogP contribution < -0.4 is 68.8 Å². The molecule has 0 fully saturated rings. The molecule has 0 radical (unpaired) electrons. The molecule has 0 spiro atoms. The molecule has 1 aromatic heterocycles. The van der Waals surface area contributed by atoms with Crippen LogP contribution in [-0.2, 0) is 13.1 Å². The van der Waals surface area contributed by atoms with Gasteiger partial charge in [0.2, 0.25) is 0 Å². The Bertz CT molecular complexity index is 248. The zero-order valence-corrected chi connectivity index (χ0v) is 12.5. The summed E-state index contributed by atoms with van der Waals surface area (Å²) >= 11 is 0. The summed E-state index contributed by atoms with van der Waals surface area (Å²) in [6.07, 6.45) is 1.85. The van der Waals surface area contributed by atoms with E-state index in [4.69, 9.17) is 0 Å². The Labute approximate surface area is 117 Å². The second-order valence-corrected chi connectivity index (χ2v) is 2.94. The van der Waals surface area contributed by atoms with Gasteiger partial charge in [0.15, 0.2) is 0 Å². The molecule has 0 bridgehead atoms. The number of rotatable bonds is 0. The molecular formula is C6H9N3PRb. The maximum atomic E-state index is 4.18. The second-order valence-electron chi connectivity index (χ2n) is 2.40. The fraction of sp³-hybridized carbons (Fsp3) is 0.500. The minimum atomic E-state index is 0. The first-order valence-corrected chi connectivity index (χ1v) is 3.85. The number of aromatic nitrogens is 2. The molecule has 5 heteroatoms. The fourth-order valence-electron chi connectivity index (χ4n) is 1.18. The Kier molecular flexibility index (Phi) is 4.37. The van der Waals surface area contributed by atoms with Gasteiger partial charge >= 0.3 is 58.2 Å². The summed E-state index contributed by atoms with van der Waals surface area (Å²) in [4.78, 5) is 0. The van der Waals surface area contributed by atoms with Crippen molar-refractivity contribution in [1.29, 1.82) is 0 Å². The van der Waals surface area contributed by atoms with Crippen LogP contribution in [0.15, 0.2) is 6.20 Å². The molecule has 0 saturated carbocycles. The number of hydrogen-bond acceptors (Lipinski definition) is 2. The van der Waals surface area contributed by atoms with Crippen molar-refractivity contribution in [3.63, 3.8) is 0 Å². The molecule has 0 saturated heterocycles. The van der Waals surface area contributed by atoms with Crippen LogP contribution in [0.4, 0.5) is 0 Å². The number of nitrogens with one attached hydrogen (secondary N) is 1. The monoisotopic (exact) mass is 239 g/mol. The Hall–Kier alpha value is 1.41. The average molecular weight is 240 g/mol. The van der Waals surface area contributed by atoms with E-state index in [9.17, 15) is 0 Å². The molecule has 1 aliphatic rings. The largest absolute Gasteiger partial charge is 1.00 e. The third-order valence-corrected chi connectivity index (χ3v) is 2.16. The van der Waals surface area contributed by atoms with Gasteiger partial charge in [0.05, 0.1) is 6.54 Å². The minimum absolute atomic E-state index is 0. The third kappa shape index (κ3) is 2.20. The van der Waals surface area contributed by atoms with Gasteiger partial charge in [-0.2, -0.15) is 10.4 Å². The van der Waals surface area contributed by atoms with Gasteiger partial charge < -0.3 is 14.6 Å². The van der Waals surface area contributed by atoms with Gasteiger partial charge in [0.1, 0.15) is 0 Å². The smallest absolute Gasteiger partial charge is 0.521 e. The minimum Gasteiger partial charge on any atom is -0.521 e. The van der Waals surface area contributed by atoms with Crippen LogP contribution in [0.2, 0.25) is 0 Å². The van der Waals surface area contributed by atoms with Crippen molar-refractivity contribution in [2.75, 3.05) is 6.54 Å². The first-order chi connectivity index (χ1) is 4.88. The SMILES string of the molecule is [PH-]c1cnn2c1CNCC2.[Rb+]. The van der Waals surface area contributed by atoms with Gasteiger partial charge in [-0.1, -0.05) is 0 Å². The molecule has 3 nitrogen and oxygen atoms in total. The topological polar surface area (TPSA) is 29.9 Å². The Morgan fingerprint density at radius 1 is 1.64 bits per heavy atom. The van der Waals surface area contributed by atoms with Gasteiger partial charge in [0.25, 0.3) is 0 Å². The summed E-state index contributed by atoms with van der Waals surface area (Å²) in [7, 11) is 3.48. The summed E-state index contributed by atoms with van der Waals surface area (Å²) in [5.41, 5.74) is 1.25. The van der Waals surface area contributed by atoms with Crippen molar-refractivity contribution in [3.05, 3.63) is 11.9 Å². The van der Waals surface area contributed by atoms with E-state index in [1.807, 2.05) is 10.9 Å². The van der Waals surface area contributed by atoms with Crippen molar-refractivity contribution in [2.24, 2.45) is 0 Å². The Morgan fingerprint density at radius 2 is 2.45 bits per heavy atom. The summed E-state index contributed by atoms with van der Waals surface area (Å²) in [6.45, 7) is 2.94. The Morgan fingerprint density at radius 3 is 3.18 bits per heavy atom. The van der Waals surface area contributed by atoms with E-state index < -0.39 is 0 Å². The van der Waals surface area contributed by atoms with Crippen LogP contribution in [0.1, 0.15) is 5.69 Å². The number of nitrogens with zero attached hydrogens (tertiary/aromatic N) is 2. The van der Waals surface area contributed by atoms with E-state index in [-0.39, 0.29) is 58.2 Å². The molecule has 2 rings (SSSR count). The van der Waals surface area contributed by atoms with Gasteiger partial charge in [-0.15, -0.1) is 0 Å². The van der Waals surface area contributed by atoms with E-state index in [0.29, 0.717) is 0 Å². The van der Waals surface area contributed by atoms with Crippen molar-refractivity contribution >= 4 is 14.5 Å². The molecule has 1 aromatic rings. The zero-order valence-electron chi connectivity index (χ0n) is 6.59. The zero-order chi connectivity index (χ0) is 6.97. The van der Waals surface area contributed by atoms with Crippen LogP contribution in [0.5, 0.6) is 0 Å².